The van der Waals surface area contributed by atoms with Gasteiger partial charge >= 0.3 is 0 Å². The number of amides is 1. The Morgan fingerprint density at radius 1 is 1.26 bits per heavy atom. The van der Waals surface area contributed by atoms with E-state index in [4.69, 9.17) is 0 Å². The highest BCUT2D eigenvalue weighted by Gasteiger charge is 2.21. The maximum atomic E-state index is 12.5. The van der Waals surface area contributed by atoms with Gasteiger partial charge in [0.15, 0.2) is 0 Å². The summed E-state index contributed by atoms with van der Waals surface area (Å²) < 4.78 is 1.67. The largest absolute Gasteiger partial charge is 0.337 e. The first kappa shape index (κ1) is 17.5. The lowest BCUT2D eigenvalue weighted by Gasteiger charge is -2.30. The van der Waals surface area contributed by atoms with Crippen LogP contribution in [0.5, 0.6) is 0 Å². The van der Waals surface area contributed by atoms with Crippen molar-refractivity contribution in [2.24, 2.45) is 0 Å². The Balaban J connectivity index is 2.11. The van der Waals surface area contributed by atoms with Crippen molar-refractivity contribution in [3.63, 3.8) is 0 Å². The third-order valence-corrected chi connectivity index (χ3v) is 4.32. The Morgan fingerprint density at radius 3 is 2.57 bits per heavy atom. The highest BCUT2D eigenvalue weighted by atomic mass is 32.2. The molecule has 7 heteroatoms. The summed E-state index contributed by atoms with van der Waals surface area (Å²) in [5.41, 5.74) is 2.03. The van der Waals surface area contributed by atoms with Crippen LogP contribution in [0.4, 0.5) is 0 Å². The van der Waals surface area contributed by atoms with Gasteiger partial charge in [0.2, 0.25) is 11.1 Å². The molecule has 124 valence electrons. The highest BCUT2D eigenvalue weighted by Crippen LogP contribution is 2.20. The average Bonchev–Trinajstić information content (AvgIpc) is 2.92. The van der Waals surface area contributed by atoms with Crippen molar-refractivity contribution in [3.8, 4) is 5.69 Å². The summed E-state index contributed by atoms with van der Waals surface area (Å²) in [4.78, 5) is 14.3. The lowest BCUT2D eigenvalue weighted by atomic mass is 10.2. The minimum atomic E-state index is 0.0961. The van der Waals surface area contributed by atoms with Crippen LogP contribution in [0.3, 0.4) is 0 Å². The number of hydrogen-bond acceptors (Lipinski definition) is 5. The van der Waals surface area contributed by atoms with Gasteiger partial charge in [0, 0.05) is 12.1 Å². The first-order chi connectivity index (χ1) is 10.9. The van der Waals surface area contributed by atoms with Gasteiger partial charge in [-0.2, -0.15) is 4.68 Å². The second-order valence-corrected chi connectivity index (χ2v) is 6.93. The molecule has 1 aromatic carbocycles. The monoisotopic (exact) mass is 333 g/mol. The van der Waals surface area contributed by atoms with Crippen LogP contribution in [-0.4, -0.2) is 48.9 Å². The Hall–Kier alpha value is -1.89. The van der Waals surface area contributed by atoms with Crippen molar-refractivity contribution in [2.45, 2.75) is 51.9 Å². The fourth-order valence-electron chi connectivity index (χ4n) is 2.56. The normalized spacial score (nSPS) is 11.3. The smallest absolute Gasteiger partial charge is 0.233 e. The molecule has 0 fully saturated rings. The van der Waals surface area contributed by atoms with Crippen molar-refractivity contribution in [3.05, 3.63) is 29.8 Å². The maximum absolute atomic E-state index is 12.5. The molecule has 1 heterocycles. The third-order valence-electron chi connectivity index (χ3n) is 3.41. The number of tetrazole rings is 1. The molecule has 1 amide bonds. The molecule has 0 unspecified atom stereocenters. The molecule has 0 saturated heterocycles. The van der Waals surface area contributed by atoms with Crippen LogP contribution in [0.15, 0.2) is 29.4 Å². The van der Waals surface area contributed by atoms with E-state index in [2.05, 4.69) is 15.5 Å². The van der Waals surface area contributed by atoms with Crippen molar-refractivity contribution in [1.82, 2.24) is 25.1 Å². The zero-order valence-corrected chi connectivity index (χ0v) is 15.0. The molecule has 0 N–H and O–H groups in total. The molecule has 23 heavy (non-hydrogen) atoms. The molecule has 0 radical (unpaired) electrons. The molecule has 0 atom stereocenters. The number of aryl methyl sites for hydroxylation is 1. The first-order valence-electron chi connectivity index (χ1n) is 7.69. The summed E-state index contributed by atoms with van der Waals surface area (Å²) in [5, 5.41) is 12.4. The van der Waals surface area contributed by atoms with Crippen molar-refractivity contribution in [1.29, 1.82) is 0 Å². The molecule has 2 rings (SSSR count). The minimum absolute atomic E-state index is 0.0961. The van der Waals surface area contributed by atoms with Gasteiger partial charge in [-0.05, 0) is 62.7 Å². The Bertz CT molecular complexity index is 660. The van der Waals surface area contributed by atoms with Gasteiger partial charge in [0.05, 0.1) is 11.4 Å². The van der Waals surface area contributed by atoms with Crippen LogP contribution in [-0.2, 0) is 4.79 Å². The average molecular weight is 333 g/mol. The van der Waals surface area contributed by atoms with Gasteiger partial charge in [0.1, 0.15) is 0 Å². The zero-order chi connectivity index (χ0) is 17.0. The number of aromatic nitrogens is 4. The summed E-state index contributed by atoms with van der Waals surface area (Å²) >= 11 is 1.36. The van der Waals surface area contributed by atoms with Crippen LogP contribution >= 0.6 is 11.8 Å². The van der Waals surface area contributed by atoms with Gasteiger partial charge in [0.25, 0.3) is 0 Å². The second-order valence-electron chi connectivity index (χ2n) is 5.99. The topological polar surface area (TPSA) is 63.9 Å². The molecule has 0 aliphatic heterocycles. The molecule has 0 aliphatic rings. The lowest BCUT2D eigenvalue weighted by Crippen LogP contribution is -2.43. The van der Waals surface area contributed by atoms with Crippen LogP contribution < -0.4 is 0 Å². The van der Waals surface area contributed by atoms with Crippen molar-refractivity contribution < 1.29 is 4.79 Å². The van der Waals surface area contributed by atoms with Crippen molar-refractivity contribution in [2.75, 3.05) is 5.75 Å². The van der Waals surface area contributed by atoms with Crippen LogP contribution in [0.25, 0.3) is 5.69 Å². The maximum Gasteiger partial charge on any atom is 0.233 e. The van der Waals surface area contributed by atoms with Gasteiger partial charge in [-0.15, -0.1) is 5.10 Å². The van der Waals surface area contributed by atoms with E-state index in [-0.39, 0.29) is 18.0 Å². The summed E-state index contributed by atoms with van der Waals surface area (Å²) in [6, 6.07) is 8.30. The minimum Gasteiger partial charge on any atom is -0.337 e. The SMILES string of the molecule is Cc1cccc(-n2nnnc2SCC(=O)N(C(C)C)C(C)C)c1. The molecule has 0 spiro atoms. The van der Waals surface area contributed by atoms with Crippen molar-refractivity contribution >= 4 is 17.7 Å². The van der Waals surface area contributed by atoms with E-state index in [0.717, 1.165) is 11.3 Å². The molecule has 0 saturated carbocycles. The molecular weight excluding hydrogens is 310 g/mol. The number of hydrogen-bond donors (Lipinski definition) is 0. The fraction of sp³-hybridized carbons (Fsp3) is 0.500. The standard InChI is InChI=1S/C16H23N5OS/c1-11(2)20(12(3)4)15(22)10-23-16-17-18-19-21(16)14-8-6-7-13(5)9-14/h6-9,11-12H,10H2,1-5H3. The predicted molar refractivity (Wildman–Crippen MR) is 91.7 cm³/mol. The lowest BCUT2D eigenvalue weighted by molar-refractivity contribution is -0.131. The fourth-order valence-corrected chi connectivity index (χ4v) is 3.32. The van der Waals surface area contributed by atoms with Crippen LogP contribution in [0.1, 0.15) is 33.3 Å². The van der Waals surface area contributed by atoms with E-state index >= 15 is 0 Å². The second kappa shape index (κ2) is 7.59. The van der Waals surface area contributed by atoms with Gasteiger partial charge in [-0.3, -0.25) is 4.79 Å². The van der Waals surface area contributed by atoms with E-state index < -0.39 is 0 Å². The number of nitrogens with zero attached hydrogens (tertiary/aromatic N) is 5. The molecule has 0 aliphatic carbocycles. The van der Waals surface area contributed by atoms with Gasteiger partial charge in [-0.1, -0.05) is 23.9 Å². The third kappa shape index (κ3) is 4.31. The van der Waals surface area contributed by atoms with Gasteiger partial charge in [-0.25, -0.2) is 0 Å². The summed E-state index contributed by atoms with van der Waals surface area (Å²) in [7, 11) is 0. The molecule has 2 aromatic rings. The summed E-state index contributed by atoms with van der Waals surface area (Å²) in [6.07, 6.45) is 0. The Kier molecular flexibility index (Phi) is 5.76. The Morgan fingerprint density at radius 2 is 1.96 bits per heavy atom. The number of carbonyl (C=O) groups excluding carboxylic acids is 1. The van der Waals surface area contributed by atoms with Crippen LogP contribution in [0, 0.1) is 6.92 Å². The van der Waals surface area contributed by atoms with E-state index in [0.29, 0.717) is 10.9 Å². The van der Waals surface area contributed by atoms with E-state index in [1.54, 1.807) is 4.68 Å². The molecule has 6 nitrogen and oxygen atoms in total. The number of benzene rings is 1. The molecule has 1 aromatic heterocycles. The van der Waals surface area contributed by atoms with E-state index in [1.807, 2.05) is 63.8 Å². The number of rotatable bonds is 6. The Labute approximate surface area is 141 Å². The number of carbonyl (C=O) groups is 1. The highest BCUT2D eigenvalue weighted by molar-refractivity contribution is 7.99. The zero-order valence-electron chi connectivity index (χ0n) is 14.2. The van der Waals surface area contributed by atoms with E-state index in [1.165, 1.54) is 11.8 Å². The number of thioether (sulfide) groups is 1. The predicted octanol–water partition coefficient (Wildman–Crippen LogP) is 2.71. The quantitative estimate of drug-likeness (QED) is 0.761. The van der Waals surface area contributed by atoms with E-state index in [9.17, 15) is 4.79 Å². The molecule has 0 bridgehead atoms. The summed E-state index contributed by atoms with van der Waals surface area (Å²) in [6.45, 7) is 10.1. The van der Waals surface area contributed by atoms with Crippen LogP contribution in [0.2, 0.25) is 0 Å². The first-order valence-corrected chi connectivity index (χ1v) is 8.68. The molecular formula is C16H23N5OS. The summed E-state index contributed by atoms with van der Waals surface area (Å²) in [5.74, 6) is 0.418. The van der Waals surface area contributed by atoms with Gasteiger partial charge < -0.3 is 4.90 Å².